The molecule has 0 radical (unpaired) electrons. The fourth-order valence-electron chi connectivity index (χ4n) is 1.75. The molecule has 0 atom stereocenters. The van der Waals surface area contributed by atoms with E-state index >= 15 is 0 Å². The first-order valence-corrected chi connectivity index (χ1v) is 6.04. The third kappa shape index (κ3) is 1.70. The molecule has 2 aromatic heterocycles. The predicted octanol–water partition coefficient (Wildman–Crippen LogP) is 1.88. The summed E-state index contributed by atoms with van der Waals surface area (Å²) < 4.78 is 0. The molecule has 1 aromatic carbocycles. The van der Waals surface area contributed by atoms with Crippen LogP contribution in [-0.4, -0.2) is 25.7 Å². The Morgan fingerprint density at radius 3 is 2.83 bits per heavy atom. The van der Waals surface area contributed by atoms with Gasteiger partial charge >= 0.3 is 0 Å². The highest BCUT2D eigenvalue weighted by Gasteiger charge is 2.14. The fraction of sp³-hybridized carbons (Fsp3) is 0. The zero-order valence-electron chi connectivity index (χ0n) is 9.16. The molecule has 0 unspecified atom stereocenters. The van der Waals surface area contributed by atoms with Crippen molar-refractivity contribution in [2.24, 2.45) is 0 Å². The summed E-state index contributed by atoms with van der Waals surface area (Å²) >= 11 is 1.51. The lowest BCUT2D eigenvalue weighted by atomic mass is 10.0. The molecule has 0 bridgehead atoms. The van der Waals surface area contributed by atoms with Crippen molar-refractivity contribution >= 4 is 17.0 Å². The van der Waals surface area contributed by atoms with Gasteiger partial charge in [0.15, 0.2) is 0 Å². The van der Waals surface area contributed by atoms with E-state index in [4.69, 9.17) is 5.73 Å². The van der Waals surface area contributed by atoms with Gasteiger partial charge in [-0.05, 0) is 28.8 Å². The quantitative estimate of drug-likeness (QED) is 0.610. The number of nitrogen functional groups attached to an aromatic ring is 1. The van der Waals surface area contributed by atoms with Crippen LogP contribution >= 0.6 is 11.3 Å². The molecule has 2 heterocycles. The van der Waals surface area contributed by atoms with Gasteiger partial charge in [-0.3, -0.25) is 0 Å². The second-order valence-electron chi connectivity index (χ2n) is 3.67. The van der Waals surface area contributed by atoms with Crippen molar-refractivity contribution in [1.29, 1.82) is 0 Å². The van der Waals surface area contributed by atoms with Crippen LogP contribution in [0.4, 0.5) is 5.69 Å². The van der Waals surface area contributed by atoms with E-state index in [0.29, 0.717) is 11.5 Å². The van der Waals surface area contributed by atoms with Crippen LogP contribution in [0.5, 0.6) is 5.75 Å². The molecule has 18 heavy (non-hydrogen) atoms. The number of phenolic OH excluding ortho intramolecular Hbond substituents is 1. The number of hydrogen-bond acceptors (Lipinski definition) is 6. The van der Waals surface area contributed by atoms with Gasteiger partial charge in [-0.2, -0.15) is 5.21 Å². The SMILES string of the molecule is Nc1cc(O)ccc1-c1ccsc1-c1nn[nH]n1. The number of anilines is 1. The van der Waals surface area contributed by atoms with Gasteiger partial charge in [0.2, 0.25) is 5.82 Å². The summed E-state index contributed by atoms with van der Waals surface area (Å²) in [4.78, 5) is 0.890. The maximum Gasteiger partial charge on any atom is 0.215 e. The van der Waals surface area contributed by atoms with Gasteiger partial charge in [-0.15, -0.1) is 21.5 Å². The number of aromatic hydroxyl groups is 1. The van der Waals surface area contributed by atoms with E-state index in [1.807, 2.05) is 11.4 Å². The van der Waals surface area contributed by atoms with Crippen molar-refractivity contribution < 1.29 is 5.11 Å². The van der Waals surface area contributed by atoms with Crippen LogP contribution in [-0.2, 0) is 0 Å². The van der Waals surface area contributed by atoms with Gasteiger partial charge in [0.05, 0.1) is 4.88 Å². The Morgan fingerprint density at radius 2 is 2.11 bits per heavy atom. The Hall–Kier alpha value is -2.41. The van der Waals surface area contributed by atoms with E-state index in [-0.39, 0.29) is 5.75 Å². The molecular formula is C11H9N5OS. The Labute approximate surface area is 106 Å². The summed E-state index contributed by atoms with van der Waals surface area (Å²) in [7, 11) is 0. The third-order valence-corrected chi connectivity index (χ3v) is 3.45. The van der Waals surface area contributed by atoms with Crippen molar-refractivity contribution in [2.45, 2.75) is 0 Å². The van der Waals surface area contributed by atoms with Crippen molar-refractivity contribution in [2.75, 3.05) is 5.73 Å². The topological polar surface area (TPSA) is 101 Å². The Kier molecular flexibility index (Phi) is 2.45. The Balaban J connectivity index is 2.16. The Morgan fingerprint density at radius 1 is 1.22 bits per heavy atom. The van der Waals surface area contributed by atoms with Gasteiger partial charge in [0.25, 0.3) is 0 Å². The smallest absolute Gasteiger partial charge is 0.215 e. The molecule has 0 aliphatic rings. The molecule has 90 valence electrons. The summed E-state index contributed by atoms with van der Waals surface area (Å²) in [6.45, 7) is 0. The van der Waals surface area contributed by atoms with E-state index in [2.05, 4.69) is 20.6 Å². The van der Waals surface area contributed by atoms with Gasteiger partial charge in [0, 0.05) is 22.9 Å². The predicted molar refractivity (Wildman–Crippen MR) is 69.0 cm³/mol. The molecule has 7 heteroatoms. The number of aromatic amines is 1. The number of nitrogens with one attached hydrogen (secondary N) is 1. The minimum atomic E-state index is 0.146. The first kappa shape index (κ1) is 10.7. The molecule has 0 saturated heterocycles. The minimum Gasteiger partial charge on any atom is -0.508 e. The number of H-pyrrole nitrogens is 1. The molecule has 0 aliphatic heterocycles. The maximum absolute atomic E-state index is 9.37. The monoisotopic (exact) mass is 259 g/mol. The number of thiophene rings is 1. The van der Waals surface area contributed by atoms with E-state index in [0.717, 1.165) is 16.0 Å². The number of rotatable bonds is 2. The molecule has 3 aromatic rings. The average molecular weight is 259 g/mol. The minimum absolute atomic E-state index is 0.146. The van der Waals surface area contributed by atoms with E-state index in [1.165, 1.54) is 17.4 Å². The van der Waals surface area contributed by atoms with Gasteiger partial charge in [-0.1, -0.05) is 0 Å². The van der Waals surface area contributed by atoms with E-state index in [9.17, 15) is 5.11 Å². The molecule has 4 N–H and O–H groups in total. The largest absolute Gasteiger partial charge is 0.508 e. The second kappa shape index (κ2) is 4.11. The first-order valence-electron chi connectivity index (χ1n) is 5.16. The number of hydrogen-bond donors (Lipinski definition) is 3. The summed E-state index contributed by atoms with van der Waals surface area (Å²) in [6, 6.07) is 6.84. The van der Waals surface area contributed by atoms with Crippen molar-refractivity contribution in [3.8, 4) is 27.6 Å². The number of tetrazole rings is 1. The zero-order chi connectivity index (χ0) is 12.5. The third-order valence-electron chi connectivity index (χ3n) is 2.54. The lowest BCUT2D eigenvalue weighted by Gasteiger charge is -2.05. The Bertz CT molecular complexity index is 677. The highest BCUT2D eigenvalue weighted by molar-refractivity contribution is 7.14. The molecule has 3 rings (SSSR count). The van der Waals surface area contributed by atoms with Crippen LogP contribution in [0.15, 0.2) is 29.6 Å². The molecular weight excluding hydrogens is 250 g/mol. The van der Waals surface area contributed by atoms with Crippen LogP contribution in [0.3, 0.4) is 0 Å². The van der Waals surface area contributed by atoms with Gasteiger partial charge in [-0.25, -0.2) is 0 Å². The summed E-state index contributed by atoms with van der Waals surface area (Å²) in [5.41, 5.74) is 8.20. The van der Waals surface area contributed by atoms with Crippen molar-refractivity contribution in [3.05, 3.63) is 29.6 Å². The molecule has 0 aliphatic carbocycles. The van der Waals surface area contributed by atoms with E-state index in [1.54, 1.807) is 12.1 Å². The lowest BCUT2D eigenvalue weighted by Crippen LogP contribution is -1.90. The van der Waals surface area contributed by atoms with Crippen molar-refractivity contribution in [3.63, 3.8) is 0 Å². The molecule has 6 nitrogen and oxygen atoms in total. The standard InChI is InChI=1S/C11H9N5OS/c12-9-5-6(17)1-2-7(9)8-3-4-18-10(8)11-13-15-16-14-11/h1-5,17H,12H2,(H,13,14,15,16). The molecule has 0 amide bonds. The van der Waals surface area contributed by atoms with Crippen LogP contribution in [0.2, 0.25) is 0 Å². The highest BCUT2D eigenvalue weighted by Crippen LogP contribution is 2.38. The molecule has 0 saturated carbocycles. The van der Waals surface area contributed by atoms with Crippen LogP contribution in [0.1, 0.15) is 0 Å². The van der Waals surface area contributed by atoms with Crippen LogP contribution < -0.4 is 5.73 Å². The number of nitrogens with zero attached hydrogens (tertiary/aromatic N) is 3. The van der Waals surface area contributed by atoms with Gasteiger partial charge < -0.3 is 10.8 Å². The average Bonchev–Trinajstić information content (AvgIpc) is 2.98. The molecule has 0 spiro atoms. The summed E-state index contributed by atoms with van der Waals surface area (Å²) in [5, 5.41) is 25.2. The number of nitrogens with two attached hydrogens (primary N) is 1. The second-order valence-corrected chi connectivity index (χ2v) is 4.59. The fourth-order valence-corrected chi connectivity index (χ4v) is 2.58. The highest BCUT2D eigenvalue weighted by atomic mass is 32.1. The maximum atomic E-state index is 9.37. The number of benzene rings is 1. The van der Waals surface area contributed by atoms with E-state index < -0.39 is 0 Å². The van der Waals surface area contributed by atoms with Crippen LogP contribution in [0.25, 0.3) is 21.8 Å². The van der Waals surface area contributed by atoms with Crippen LogP contribution in [0, 0.1) is 0 Å². The zero-order valence-corrected chi connectivity index (χ0v) is 9.98. The summed E-state index contributed by atoms with van der Waals surface area (Å²) in [5.74, 6) is 0.681. The first-order chi connectivity index (χ1) is 8.75. The van der Waals surface area contributed by atoms with Gasteiger partial charge in [0.1, 0.15) is 5.75 Å². The van der Waals surface area contributed by atoms with Crippen molar-refractivity contribution in [1.82, 2.24) is 20.6 Å². The number of aromatic nitrogens is 4. The summed E-state index contributed by atoms with van der Waals surface area (Å²) in [6.07, 6.45) is 0. The normalized spacial score (nSPS) is 10.7. The molecule has 0 fully saturated rings. The number of phenols is 1. The lowest BCUT2D eigenvalue weighted by molar-refractivity contribution is 0.476.